The molecule has 0 aliphatic heterocycles. The second kappa shape index (κ2) is 12.1. The van der Waals surface area contributed by atoms with Crippen molar-refractivity contribution in [2.45, 2.75) is 26.5 Å². The van der Waals surface area contributed by atoms with E-state index < -0.39 is 23.7 Å². The van der Waals surface area contributed by atoms with E-state index >= 15 is 0 Å². The van der Waals surface area contributed by atoms with Crippen molar-refractivity contribution in [1.29, 1.82) is 5.26 Å². The first-order chi connectivity index (χ1) is 16.9. The zero-order chi connectivity index (χ0) is 25.2. The average Bonchev–Trinajstić information content (AvgIpc) is 2.86. The second-order valence-corrected chi connectivity index (χ2v) is 8.04. The molecule has 0 aliphatic rings. The molecule has 0 aromatic heterocycles. The van der Waals surface area contributed by atoms with E-state index in [1.807, 2.05) is 12.1 Å². The largest absolute Gasteiger partial charge is 0.489 e. The third kappa shape index (κ3) is 6.98. The van der Waals surface area contributed by atoms with Crippen LogP contribution in [-0.2, 0) is 11.4 Å². The molecule has 2 N–H and O–H groups in total. The third-order valence-corrected chi connectivity index (χ3v) is 5.15. The summed E-state index contributed by atoms with van der Waals surface area (Å²) in [5.41, 5.74) is 4.36. The lowest BCUT2D eigenvalue weighted by Gasteiger charge is -2.20. The van der Waals surface area contributed by atoms with Gasteiger partial charge in [-0.15, -0.1) is 0 Å². The van der Waals surface area contributed by atoms with Gasteiger partial charge in [0.15, 0.2) is 0 Å². The number of hydrogen-bond acceptors (Lipinski definition) is 5. The molecule has 35 heavy (non-hydrogen) atoms. The van der Waals surface area contributed by atoms with Crippen LogP contribution in [0.5, 0.6) is 5.75 Å². The van der Waals surface area contributed by atoms with E-state index in [9.17, 15) is 14.0 Å². The maximum absolute atomic E-state index is 13.9. The van der Waals surface area contributed by atoms with Crippen LogP contribution < -0.4 is 15.5 Å². The van der Waals surface area contributed by atoms with Gasteiger partial charge < -0.3 is 10.1 Å². The minimum Gasteiger partial charge on any atom is -0.489 e. The van der Waals surface area contributed by atoms with E-state index in [-0.39, 0.29) is 18.1 Å². The van der Waals surface area contributed by atoms with Gasteiger partial charge in [0.25, 0.3) is 11.8 Å². The van der Waals surface area contributed by atoms with Crippen LogP contribution in [-0.4, -0.2) is 24.1 Å². The maximum Gasteiger partial charge on any atom is 0.262 e. The first-order valence-corrected chi connectivity index (χ1v) is 11.0. The highest BCUT2D eigenvalue weighted by atomic mass is 19.1. The number of hydrazone groups is 1. The monoisotopic (exact) mass is 472 g/mol. The number of nitrogens with zero attached hydrogens (tertiary/aromatic N) is 2. The van der Waals surface area contributed by atoms with E-state index in [0.717, 1.165) is 5.56 Å². The second-order valence-electron chi connectivity index (χ2n) is 8.04. The number of ether oxygens (including phenoxy) is 1. The van der Waals surface area contributed by atoms with Crippen LogP contribution in [0.3, 0.4) is 0 Å². The molecule has 1 unspecified atom stereocenters. The van der Waals surface area contributed by atoms with Crippen molar-refractivity contribution in [3.8, 4) is 11.8 Å². The lowest BCUT2D eigenvalue weighted by molar-refractivity contribution is -0.123. The van der Waals surface area contributed by atoms with Crippen molar-refractivity contribution in [3.05, 3.63) is 101 Å². The number of carbonyl (C=O) groups is 2. The molecule has 0 saturated carbocycles. The Morgan fingerprint density at radius 1 is 1.06 bits per heavy atom. The van der Waals surface area contributed by atoms with E-state index in [1.165, 1.54) is 24.4 Å². The minimum absolute atomic E-state index is 0.132. The number of halogens is 1. The molecule has 0 bridgehead atoms. The molecule has 2 amide bonds. The molecule has 0 spiro atoms. The Morgan fingerprint density at radius 2 is 1.74 bits per heavy atom. The normalized spacial score (nSPS) is 11.6. The number of nitrogens with one attached hydrogen (secondary N) is 2. The number of benzene rings is 3. The molecule has 3 aromatic rings. The number of amides is 2. The van der Waals surface area contributed by atoms with Crippen LogP contribution in [0, 0.1) is 23.1 Å². The number of hydrogen-bond donors (Lipinski definition) is 2. The van der Waals surface area contributed by atoms with Gasteiger partial charge in [-0.25, -0.2) is 9.82 Å². The molecule has 0 heterocycles. The quantitative estimate of drug-likeness (QED) is 0.360. The molecule has 0 fully saturated rings. The SMILES string of the molecule is CC(C)C(NC(=O)c1ccccc1F)C(=O)N/N=C/c1ccc(OCc2ccccc2C#N)cc1. The summed E-state index contributed by atoms with van der Waals surface area (Å²) in [5.74, 6) is -1.48. The van der Waals surface area contributed by atoms with Crippen LogP contribution in [0.4, 0.5) is 4.39 Å². The van der Waals surface area contributed by atoms with Crippen molar-refractivity contribution in [3.63, 3.8) is 0 Å². The van der Waals surface area contributed by atoms with Gasteiger partial charge in [-0.1, -0.05) is 44.2 Å². The van der Waals surface area contributed by atoms with Crippen molar-refractivity contribution in [2.24, 2.45) is 11.0 Å². The number of carbonyl (C=O) groups excluding carboxylic acids is 2. The minimum atomic E-state index is -0.897. The summed E-state index contributed by atoms with van der Waals surface area (Å²) in [5, 5.41) is 15.7. The third-order valence-electron chi connectivity index (χ3n) is 5.15. The van der Waals surface area contributed by atoms with Gasteiger partial charge >= 0.3 is 0 Å². The summed E-state index contributed by atoms with van der Waals surface area (Å²) in [6.45, 7) is 3.80. The smallest absolute Gasteiger partial charge is 0.262 e. The van der Waals surface area contributed by atoms with Crippen LogP contribution in [0.2, 0.25) is 0 Å². The highest BCUT2D eigenvalue weighted by Crippen LogP contribution is 2.15. The molecule has 3 aromatic carbocycles. The van der Waals surface area contributed by atoms with Gasteiger partial charge in [0, 0.05) is 5.56 Å². The van der Waals surface area contributed by atoms with Crippen molar-refractivity contribution >= 4 is 18.0 Å². The predicted molar refractivity (Wildman–Crippen MR) is 130 cm³/mol. The van der Waals surface area contributed by atoms with E-state index in [0.29, 0.717) is 16.9 Å². The van der Waals surface area contributed by atoms with Crippen LogP contribution >= 0.6 is 0 Å². The van der Waals surface area contributed by atoms with Crippen molar-refractivity contribution in [2.75, 3.05) is 0 Å². The van der Waals surface area contributed by atoms with Crippen LogP contribution in [0.1, 0.15) is 40.9 Å². The molecular formula is C27H25FN4O3. The molecule has 0 saturated heterocycles. The fourth-order valence-corrected chi connectivity index (χ4v) is 3.21. The zero-order valence-electron chi connectivity index (χ0n) is 19.4. The van der Waals surface area contributed by atoms with Crippen LogP contribution in [0.25, 0.3) is 0 Å². The van der Waals surface area contributed by atoms with Crippen molar-refractivity contribution in [1.82, 2.24) is 10.7 Å². The zero-order valence-corrected chi connectivity index (χ0v) is 19.4. The molecule has 1 atom stereocenters. The lowest BCUT2D eigenvalue weighted by Crippen LogP contribution is -2.48. The van der Waals surface area contributed by atoms with Gasteiger partial charge in [-0.2, -0.15) is 10.4 Å². The predicted octanol–water partition coefficient (Wildman–Crippen LogP) is 4.18. The van der Waals surface area contributed by atoms with Crippen molar-refractivity contribution < 1.29 is 18.7 Å². The number of rotatable bonds is 9. The van der Waals surface area contributed by atoms with Gasteiger partial charge in [-0.05, 0) is 53.9 Å². The summed E-state index contributed by atoms with van der Waals surface area (Å²) >= 11 is 0. The molecular weight excluding hydrogens is 447 g/mol. The summed E-state index contributed by atoms with van der Waals surface area (Å²) in [6.07, 6.45) is 1.46. The summed E-state index contributed by atoms with van der Waals surface area (Å²) in [4.78, 5) is 25.0. The van der Waals surface area contributed by atoms with Gasteiger partial charge in [0.1, 0.15) is 24.2 Å². The van der Waals surface area contributed by atoms with E-state index in [1.54, 1.807) is 56.3 Å². The first kappa shape index (κ1) is 25.1. The molecule has 8 heteroatoms. The first-order valence-electron chi connectivity index (χ1n) is 11.0. The maximum atomic E-state index is 13.9. The topological polar surface area (TPSA) is 104 Å². The van der Waals surface area contributed by atoms with Gasteiger partial charge in [-0.3, -0.25) is 9.59 Å². The standard InChI is InChI=1S/C27H25FN4O3/c1-18(2)25(31-26(33)23-9-5-6-10-24(23)28)27(34)32-30-16-19-11-13-22(14-12-19)35-17-21-8-4-3-7-20(21)15-29/h3-14,16,18,25H,17H2,1-2H3,(H,31,33)(H,32,34)/b30-16+. The highest BCUT2D eigenvalue weighted by molar-refractivity contribution is 5.98. The molecule has 3 rings (SSSR count). The van der Waals surface area contributed by atoms with Gasteiger partial charge in [0.05, 0.1) is 23.4 Å². The Hall–Kier alpha value is -4.51. The fourth-order valence-electron chi connectivity index (χ4n) is 3.21. The molecule has 0 radical (unpaired) electrons. The van der Waals surface area contributed by atoms with Crippen LogP contribution in [0.15, 0.2) is 77.9 Å². The van der Waals surface area contributed by atoms with Gasteiger partial charge in [0.2, 0.25) is 0 Å². The van der Waals surface area contributed by atoms with E-state index in [4.69, 9.17) is 10.00 Å². The molecule has 0 aliphatic carbocycles. The average molecular weight is 473 g/mol. The Kier molecular flexibility index (Phi) is 8.68. The molecule has 178 valence electrons. The fraction of sp³-hybridized carbons (Fsp3) is 0.185. The lowest BCUT2D eigenvalue weighted by atomic mass is 10.0. The Bertz CT molecular complexity index is 1250. The summed E-state index contributed by atoms with van der Waals surface area (Å²) in [6, 6.07) is 21.1. The Balaban J connectivity index is 1.55. The Labute approximate surface area is 203 Å². The highest BCUT2D eigenvalue weighted by Gasteiger charge is 2.25. The summed E-state index contributed by atoms with van der Waals surface area (Å²) in [7, 11) is 0. The summed E-state index contributed by atoms with van der Waals surface area (Å²) < 4.78 is 19.6. The molecule has 7 nitrogen and oxygen atoms in total. The van der Waals surface area contributed by atoms with E-state index in [2.05, 4.69) is 21.9 Å². The Morgan fingerprint density at radius 3 is 2.43 bits per heavy atom. The number of nitriles is 1.